The number of H-pyrrole nitrogens is 1. The molecule has 25 heavy (non-hydrogen) atoms. The predicted molar refractivity (Wildman–Crippen MR) is 108 cm³/mol. The van der Waals surface area contributed by atoms with Crippen LogP contribution >= 0.6 is 23.4 Å². The first-order valence-electron chi connectivity index (χ1n) is 7.88. The number of aromatic nitrogens is 2. The Morgan fingerprint density at radius 3 is 2.64 bits per heavy atom. The van der Waals surface area contributed by atoms with Crippen LogP contribution in [0.15, 0.2) is 72.0 Å². The van der Waals surface area contributed by atoms with Gasteiger partial charge < -0.3 is 10.3 Å². The molecular weight excluding hydrogens is 350 g/mol. The Bertz CT molecular complexity index is 1030. The summed E-state index contributed by atoms with van der Waals surface area (Å²) in [4.78, 5) is 7.67. The zero-order valence-electron chi connectivity index (χ0n) is 13.6. The second-order valence-corrected chi connectivity index (χ2v) is 6.87. The van der Waals surface area contributed by atoms with Gasteiger partial charge in [-0.25, -0.2) is 0 Å². The number of benzene rings is 2. The van der Waals surface area contributed by atoms with Crippen molar-refractivity contribution in [2.75, 3.05) is 11.6 Å². The van der Waals surface area contributed by atoms with Crippen LogP contribution in [-0.4, -0.2) is 16.2 Å². The standard InChI is InChI=1S/C20H16ClN3S/c1-25-19-10-15-17(11-22-12-18(15)24-19)23-16-9-5-8-14(20(16)21)13-6-3-2-4-7-13/h2-12,23-24H,1H3. The van der Waals surface area contributed by atoms with Gasteiger partial charge in [-0.05, 0) is 24.0 Å². The summed E-state index contributed by atoms with van der Waals surface area (Å²) in [5.74, 6) is 0. The average Bonchev–Trinajstić information content (AvgIpc) is 3.08. The van der Waals surface area contributed by atoms with E-state index in [-0.39, 0.29) is 0 Å². The first-order chi connectivity index (χ1) is 12.3. The van der Waals surface area contributed by atoms with Crippen LogP contribution in [0.4, 0.5) is 11.4 Å². The van der Waals surface area contributed by atoms with Crippen LogP contribution in [0.3, 0.4) is 0 Å². The molecule has 5 heteroatoms. The third-order valence-electron chi connectivity index (χ3n) is 4.09. The fraction of sp³-hybridized carbons (Fsp3) is 0.0500. The van der Waals surface area contributed by atoms with Gasteiger partial charge in [0, 0.05) is 10.9 Å². The van der Waals surface area contributed by atoms with E-state index in [0.717, 1.165) is 38.4 Å². The number of anilines is 2. The van der Waals surface area contributed by atoms with Crippen LogP contribution in [0, 0.1) is 0 Å². The third-order valence-corrected chi connectivity index (χ3v) is 5.16. The van der Waals surface area contributed by atoms with Crippen molar-refractivity contribution < 1.29 is 0 Å². The van der Waals surface area contributed by atoms with Crippen molar-refractivity contribution in [2.24, 2.45) is 0 Å². The Hall–Kier alpha value is -2.43. The van der Waals surface area contributed by atoms with Crippen molar-refractivity contribution in [2.45, 2.75) is 5.03 Å². The van der Waals surface area contributed by atoms with Gasteiger partial charge in [0.25, 0.3) is 0 Å². The highest BCUT2D eigenvalue weighted by Gasteiger charge is 2.11. The molecule has 3 nitrogen and oxygen atoms in total. The molecule has 2 heterocycles. The molecule has 0 atom stereocenters. The maximum Gasteiger partial charge on any atom is 0.0730 e. The fourth-order valence-corrected chi connectivity index (χ4v) is 3.58. The van der Waals surface area contributed by atoms with Gasteiger partial charge in [0.05, 0.1) is 39.3 Å². The maximum atomic E-state index is 6.68. The zero-order valence-corrected chi connectivity index (χ0v) is 15.2. The van der Waals surface area contributed by atoms with E-state index >= 15 is 0 Å². The molecule has 0 aliphatic heterocycles. The summed E-state index contributed by atoms with van der Waals surface area (Å²) in [6, 6.07) is 18.3. The number of thioether (sulfide) groups is 1. The highest BCUT2D eigenvalue weighted by Crippen LogP contribution is 2.36. The largest absolute Gasteiger partial charge is 0.352 e. The van der Waals surface area contributed by atoms with Crippen molar-refractivity contribution in [1.82, 2.24) is 9.97 Å². The minimum Gasteiger partial charge on any atom is -0.352 e. The van der Waals surface area contributed by atoms with Crippen LogP contribution in [0.25, 0.3) is 22.0 Å². The monoisotopic (exact) mass is 365 g/mol. The number of nitrogens with zero attached hydrogens (tertiary/aromatic N) is 1. The number of hydrogen-bond acceptors (Lipinski definition) is 3. The Morgan fingerprint density at radius 2 is 1.84 bits per heavy atom. The summed E-state index contributed by atoms with van der Waals surface area (Å²) in [6.07, 6.45) is 5.71. The third kappa shape index (κ3) is 3.11. The SMILES string of the molecule is CSc1cc2c(Nc3cccc(-c4ccccc4)c3Cl)cncc2[nH]1. The van der Waals surface area contributed by atoms with Gasteiger partial charge >= 0.3 is 0 Å². The molecule has 2 aromatic heterocycles. The lowest BCUT2D eigenvalue weighted by molar-refractivity contribution is 1.23. The summed E-state index contributed by atoms with van der Waals surface area (Å²) < 4.78 is 0. The van der Waals surface area contributed by atoms with E-state index in [1.807, 2.05) is 55.0 Å². The Morgan fingerprint density at radius 1 is 1.00 bits per heavy atom. The molecule has 0 unspecified atom stereocenters. The number of hydrogen-bond donors (Lipinski definition) is 2. The van der Waals surface area contributed by atoms with Crippen molar-refractivity contribution in [3.05, 3.63) is 72.0 Å². The van der Waals surface area contributed by atoms with Gasteiger partial charge in [-0.2, -0.15) is 0 Å². The number of halogens is 1. The zero-order chi connectivity index (χ0) is 17.2. The van der Waals surface area contributed by atoms with E-state index in [1.165, 1.54) is 0 Å². The van der Waals surface area contributed by atoms with E-state index in [0.29, 0.717) is 5.02 Å². The molecule has 0 bridgehead atoms. The van der Waals surface area contributed by atoms with Crippen molar-refractivity contribution >= 4 is 45.6 Å². The fourth-order valence-electron chi connectivity index (χ4n) is 2.85. The van der Waals surface area contributed by atoms with E-state index in [9.17, 15) is 0 Å². The molecule has 4 rings (SSSR count). The van der Waals surface area contributed by atoms with Crippen LogP contribution < -0.4 is 5.32 Å². The Kier molecular flexibility index (Phi) is 4.38. The van der Waals surface area contributed by atoms with Crippen LogP contribution in [0.1, 0.15) is 0 Å². The number of aromatic amines is 1. The first kappa shape index (κ1) is 16.1. The molecule has 0 spiro atoms. The molecule has 0 fully saturated rings. The second-order valence-electron chi connectivity index (χ2n) is 5.64. The van der Waals surface area contributed by atoms with Crippen LogP contribution in [0.5, 0.6) is 0 Å². The molecule has 0 saturated heterocycles. The minimum atomic E-state index is 0.700. The van der Waals surface area contributed by atoms with E-state index < -0.39 is 0 Å². The Labute approximate surface area is 155 Å². The minimum absolute atomic E-state index is 0.700. The van der Waals surface area contributed by atoms with E-state index in [2.05, 4.69) is 33.5 Å². The normalized spacial score (nSPS) is 11.0. The molecule has 124 valence electrons. The highest BCUT2D eigenvalue weighted by atomic mass is 35.5. The smallest absolute Gasteiger partial charge is 0.0730 e. The molecule has 0 aliphatic carbocycles. The summed E-state index contributed by atoms with van der Waals surface area (Å²) in [5, 5.41) is 6.34. The lowest BCUT2D eigenvalue weighted by Crippen LogP contribution is -1.94. The van der Waals surface area contributed by atoms with Crippen LogP contribution in [0.2, 0.25) is 5.02 Å². The van der Waals surface area contributed by atoms with Crippen molar-refractivity contribution in [3.63, 3.8) is 0 Å². The van der Waals surface area contributed by atoms with Gasteiger partial charge in [0.2, 0.25) is 0 Å². The lowest BCUT2D eigenvalue weighted by atomic mass is 10.0. The molecule has 0 amide bonds. The molecule has 0 saturated carbocycles. The van der Waals surface area contributed by atoms with Gasteiger partial charge in [0.15, 0.2) is 0 Å². The number of rotatable bonds is 4. The second kappa shape index (κ2) is 6.82. The molecule has 0 aliphatic rings. The summed E-state index contributed by atoms with van der Waals surface area (Å²) in [6.45, 7) is 0. The first-order valence-corrected chi connectivity index (χ1v) is 9.48. The van der Waals surface area contributed by atoms with Gasteiger partial charge in [-0.3, -0.25) is 4.98 Å². The van der Waals surface area contributed by atoms with E-state index in [1.54, 1.807) is 11.8 Å². The molecule has 0 radical (unpaired) electrons. The average molecular weight is 366 g/mol. The quantitative estimate of drug-likeness (QED) is 0.414. The Balaban J connectivity index is 1.76. The lowest BCUT2D eigenvalue weighted by Gasteiger charge is -2.12. The number of pyridine rings is 1. The number of fused-ring (bicyclic) bond motifs is 1. The van der Waals surface area contributed by atoms with Gasteiger partial charge in [-0.1, -0.05) is 54.1 Å². The van der Waals surface area contributed by atoms with Crippen molar-refractivity contribution in [3.8, 4) is 11.1 Å². The summed E-state index contributed by atoms with van der Waals surface area (Å²) >= 11 is 8.36. The topological polar surface area (TPSA) is 40.7 Å². The molecule has 2 N–H and O–H groups in total. The van der Waals surface area contributed by atoms with Crippen LogP contribution in [-0.2, 0) is 0 Å². The van der Waals surface area contributed by atoms with Gasteiger partial charge in [0.1, 0.15) is 0 Å². The predicted octanol–water partition coefficient (Wildman–Crippen LogP) is 6.35. The maximum absolute atomic E-state index is 6.68. The van der Waals surface area contributed by atoms with Gasteiger partial charge in [-0.15, -0.1) is 11.8 Å². The molecule has 2 aromatic carbocycles. The van der Waals surface area contributed by atoms with E-state index in [4.69, 9.17) is 11.6 Å². The highest BCUT2D eigenvalue weighted by molar-refractivity contribution is 7.98. The summed E-state index contributed by atoms with van der Waals surface area (Å²) in [7, 11) is 0. The molecular formula is C20H16ClN3S. The summed E-state index contributed by atoms with van der Waals surface area (Å²) in [5.41, 5.74) is 4.90. The molecule has 4 aromatic rings. The van der Waals surface area contributed by atoms with Crippen molar-refractivity contribution in [1.29, 1.82) is 0 Å². The number of nitrogens with one attached hydrogen (secondary N) is 2.